The zero-order valence-electron chi connectivity index (χ0n) is 9.75. The molecule has 17 heavy (non-hydrogen) atoms. The molecule has 3 heteroatoms. The van der Waals surface area contributed by atoms with Crippen LogP contribution in [-0.2, 0) is 11.3 Å². The van der Waals surface area contributed by atoms with Crippen LogP contribution in [0, 0.1) is 11.8 Å². The highest BCUT2D eigenvalue weighted by atomic mass is 16.4. The van der Waals surface area contributed by atoms with E-state index < -0.39 is 5.97 Å². The van der Waals surface area contributed by atoms with E-state index in [9.17, 15) is 9.90 Å². The molecule has 0 unspecified atom stereocenters. The van der Waals surface area contributed by atoms with Gasteiger partial charge in [-0.05, 0) is 24.3 Å². The van der Waals surface area contributed by atoms with Gasteiger partial charge in [0.05, 0.1) is 5.92 Å². The molecule has 0 radical (unpaired) electrons. The molecule has 2 bridgehead atoms. The van der Waals surface area contributed by atoms with Gasteiger partial charge in [-0.15, -0.1) is 0 Å². The molecule has 2 fully saturated rings. The molecule has 3 atom stereocenters. The summed E-state index contributed by atoms with van der Waals surface area (Å²) in [5, 5.41) is 9.25. The summed E-state index contributed by atoms with van der Waals surface area (Å²) in [6.07, 6.45) is 2.14. The van der Waals surface area contributed by atoms with E-state index in [0.29, 0.717) is 5.92 Å². The van der Waals surface area contributed by atoms with Crippen LogP contribution in [0.25, 0.3) is 0 Å². The Balaban J connectivity index is 1.73. The summed E-state index contributed by atoms with van der Waals surface area (Å²) in [5.41, 5.74) is 1.28. The minimum Gasteiger partial charge on any atom is -0.481 e. The topological polar surface area (TPSA) is 40.5 Å². The fourth-order valence-corrected chi connectivity index (χ4v) is 3.48. The molecular formula is C14H17NO2. The molecule has 1 aromatic rings. The average molecular weight is 231 g/mol. The molecule has 1 aliphatic carbocycles. The number of likely N-dealkylation sites (tertiary alicyclic amines) is 1. The predicted molar refractivity (Wildman–Crippen MR) is 64.5 cm³/mol. The highest BCUT2D eigenvalue weighted by molar-refractivity contribution is 5.72. The van der Waals surface area contributed by atoms with Crippen molar-refractivity contribution < 1.29 is 9.90 Å². The Morgan fingerprint density at radius 3 is 2.71 bits per heavy atom. The number of carboxylic acid groups (broad SMARTS) is 1. The Morgan fingerprint density at radius 1 is 1.29 bits per heavy atom. The summed E-state index contributed by atoms with van der Waals surface area (Å²) in [4.78, 5) is 13.6. The lowest BCUT2D eigenvalue weighted by atomic mass is 9.99. The number of aliphatic carboxylic acids is 1. The summed E-state index contributed by atoms with van der Waals surface area (Å²) in [6, 6.07) is 10.6. The third-order valence-corrected chi connectivity index (χ3v) is 4.21. The standard InChI is InChI=1S/C14H17NO2/c16-14(17)13-11-6-7-12(13)15(9-11)8-10-4-2-1-3-5-10/h1-5,11-13H,6-9H2,(H,16,17)/t11-,12+,13+/m0/s1. The van der Waals surface area contributed by atoms with Gasteiger partial charge in [-0.1, -0.05) is 30.3 Å². The van der Waals surface area contributed by atoms with Gasteiger partial charge in [-0.3, -0.25) is 9.69 Å². The van der Waals surface area contributed by atoms with Gasteiger partial charge >= 0.3 is 5.97 Å². The first-order chi connectivity index (χ1) is 8.25. The van der Waals surface area contributed by atoms with E-state index in [-0.39, 0.29) is 12.0 Å². The van der Waals surface area contributed by atoms with Crippen molar-refractivity contribution in [2.75, 3.05) is 6.54 Å². The van der Waals surface area contributed by atoms with E-state index in [4.69, 9.17) is 0 Å². The van der Waals surface area contributed by atoms with Crippen LogP contribution in [-0.4, -0.2) is 28.6 Å². The number of carbonyl (C=O) groups is 1. The molecule has 1 aliphatic heterocycles. The van der Waals surface area contributed by atoms with E-state index in [1.165, 1.54) is 5.56 Å². The molecule has 0 amide bonds. The van der Waals surface area contributed by atoms with E-state index in [1.54, 1.807) is 0 Å². The van der Waals surface area contributed by atoms with E-state index >= 15 is 0 Å². The average Bonchev–Trinajstić information content (AvgIpc) is 2.87. The number of hydrogen-bond donors (Lipinski definition) is 1. The normalized spacial score (nSPS) is 31.9. The maximum atomic E-state index is 11.2. The molecule has 1 aromatic carbocycles. The third kappa shape index (κ3) is 1.84. The lowest BCUT2D eigenvalue weighted by Crippen LogP contribution is -2.34. The Bertz CT molecular complexity index is 417. The second-order valence-electron chi connectivity index (χ2n) is 5.18. The van der Waals surface area contributed by atoms with E-state index in [1.807, 2.05) is 18.2 Å². The smallest absolute Gasteiger partial charge is 0.308 e. The van der Waals surface area contributed by atoms with Crippen molar-refractivity contribution in [3.8, 4) is 0 Å². The quantitative estimate of drug-likeness (QED) is 0.864. The fraction of sp³-hybridized carbons (Fsp3) is 0.500. The zero-order chi connectivity index (χ0) is 11.8. The largest absolute Gasteiger partial charge is 0.481 e. The van der Waals surface area contributed by atoms with Crippen molar-refractivity contribution in [1.82, 2.24) is 4.90 Å². The van der Waals surface area contributed by atoms with Gasteiger partial charge in [0.1, 0.15) is 0 Å². The lowest BCUT2D eigenvalue weighted by Gasteiger charge is -2.26. The van der Waals surface area contributed by atoms with Gasteiger partial charge in [0.25, 0.3) is 0 Å². The zero-order valence-corrected chi connectivity index (χ0v) is 9.75. The van der Waals surface area contributed by atoms with Crippen molar-refractivity contribution in [3.05, 3.63) is 35.9 Å². The Labute approximate surface area is 101 Å². The Morgan fingerprint density at radius 2 is 2.06 bits per heavy atom. The van der Waals surface area contributed by atoms with Crippen molar-refractivity contribution >= 4 is 5.97 Å². The number of piperidine rings is 1. The highest BCUT2D eigenvalue weighted by Gasteiger charge is 2.50. The molecule has 90 valence electrons. The molecule has 1 N–H and O–H groups in total. The van der Waals surface area contributed by atoms with Crippen LogP contribution in [0.15, 0.2) is 30.3 Å². The van der Waals surface area contributed by atoms with Crippen LogP contribution < -0.4 is 0 Å². The fourth-order valence-electron chi connectivity index (χ4n) is 3.48. The van der Waals surface area contributed by atoms with Crippen LogP contribution in [0.1, 0.15) is 18.4 Å². The number of nitrogens with zero attached hydrogens (tertiary/aromatic N) is 1. The molecule has 0 aromatic heterocycles. The first-order valence-electron chi connectivity index (χ1n) is 6.26. The Kier molecular flexibility index (Phi) is 2.63. The highest BCUT2D eigenvalue weighted by Crippen LogP contribution is 2.43. The molecule has 1 heterocycles. The first kappa shape index (κ1) is 10.8. The molecule has 2 aliphatic rings. The monoisotopic (exact) mass is 231 g/mol. The summed E-state index contributed by atoms with van der Waals surface area (Å²) < 4.78 is 0. The maximum absolute atomic E-state index is 11.2. The predicted octanol–water partition coefficient (Wildman–Crippen LogP) is 1.98. The van der Waals surface area contributed by atoms with Gasteiger partial charge in [-0.2, -0.15) is 0 Å². The van der Waals surface area contributed by atoms with Crippen molar-refractivity contribution in [2.45, 2.75) is 25.4 Å². The number of benzene rings is 1. The Hall–Kier alpha value is -1.35. The SMILES string of the molecule is O=C(O)[C@@H]1[C@H]2CC[C@H]1N(Cc1ccccc1)C2. The minimum absolute atomic E-state index is 0.126. The number of fused-ring (bicyclic) bond motifs is 2. The molecule has 0 spiro atoms. The summed E-state index contributed by atoms with van der Waals surface area (Å²) >= 11 is 0. The van der Waals surface area contributed by atoms with Crippen molar-refractivity contribution in [1.29, 1.82) is 0 Å². The summed E-state index contributed by atoms with van der Waals surface area (Å²) in [7, 11) is 0. The van der Waals surface area contributed by atoms with Crippen LogP contribution in [0.5, 0.6) is 0 Å². The molecule has 3 rings (SSSR count). The first-order valence-corrected chi connectivity index (χ1v) is 6.26. The molecule has 3 nitrogen and oxygen atoms in total. The van der Waals surface area contributed by atoms with Gasteiger partial charge in [0.2, 0.25) is 0 Å². The van der Waals surface area contributed by atoms with Gasteiger partial charge in [-0.25, -0.2) is 0 Å². The molecule has 1 saturated heterocycles. The number of carboxylic acids is 1. The van der Waals surface area contributed by atoms with E-state index in [2.05, 4.69) is 17.0 Å². The second-order valence-corrected chi connectivity index (χ2v) is 5.18. The second kappa shape index (κ2) is 4.15. The van der Waals surface area contributed by atoms with Crippen LogP contribution in [0.4, 0.5) is 0 Å². The maximum Gasteiger partial charge on any atom is 0.308 e. The summed E-state index contributed by atoms with van der Waals surface area (Å²) in [5.74, 6) is -0.354. The third-order valence-electron chi connectivity index (χ3n) is 4.21. The number of hydrogen-bond acceptors (Lipinski definition) is 2. The van der Waals surface area contributed by atoms with Crippen molar-refractivity contribution in [3.63, 3.8) is 0 Å². The molecule has 1 saturated carbocycles. The van der Waals surface area contributed by atoms with Gasteiger partial charge < -0.3 is 5.11 Å². The lowest BCUT2D eigenvalue weighted by molar-refractivity contribution is -0.142. The van der Waals surface area contributed by atoms with E-state index in [0.717, 1.165) is 25.9 Å². The van der Waals surface area contributed by atoms with Crippen LogP contribution in [0.2, 0.25) is 0 Å². The summed E-state index contributed by atoms with van der Waals surface area (Å²) in [6.45, 7) is 1.85. The van der Waals surface area contributed by atoms with Crippen molar-refractivity contribution in [2.24, 2.45) is 11.8 Å². The minimum atomic E-state index is -0.604. The van der Waals surface area contributed by atoms with Crippen LogP contribution in [0.3, 0.4) is 0 Å². The number of rotatable bonds is 3. The van der Waals surface area contributed by atoms with Crippen LogP contribution >= 0.6 is 0 Å². The molecular weight excluding hydrogens is 214 g/mol. The van der Waals surface area contributed by atoms with Gasteiger partial charge in [0, 0.05) is 19.1 Å². The van der Waals surface area contributed by atoms with Gasteiger partial charge in [0.15, 0.2) is 0 Å².